The van der Waals surface area contributed by atoms with Gasteiger partial charge in [0.15, 0.2) is 0 Å². The summed E-state index contributed by atoms with van der Waals surface area (Å²) in [6, 6.07) is 13.6. The molecule has 0 aliphatic rings. The molecule has 5 nitrogen and oxygen atoms in total. The Balaban J connectivity index is 2.08. The molecule has 5 heteroatoms. The molecule has 21 heavy (non-hydrogen) atoms. The minimum absolute atomic E-state index is 0.0561. The summed E-state index contributed by atoms with van der Waals surface area (Å²) in [5, 5.41) is 20.5. The molecule has 0 fully saturated rings. The maximum Gasteiger partial charge on any atom is 0.269 e. The molecule has 1 unspecified atom stereocenters. The van der Waals surface area contributed by atoms with Gasteiger partial charge in [0, 0.05) is 17.7 Å². The van der Waals surface area contributed by atoms with Gasteiger partial charge in [0.2, 0.25) is 0 Å². The number of hydrogen-bond acceptors (Lipinski definition) is 4. The van der Waals surface area contributed by atoms with Gasteiger partial charge in [-0.3, -0.25) is 10.1 Å². The van der Waals surface area contributed by atoms with E-state index in [4.69, 9.17) is 4.74 Å². The van der Waals surface area contributed by atoms with Crippen molar-refractivity contribution in [3.63, 3.8) is 0 Å². The van der Waals surface area contributed by atoms with Gasteiger partial charge in [-0.15, -0.1) is 0 Å². The van der Waals surface area contributed by atoms with E-state index in [0.717, 1.165) is 11.1 Å². The molecule has 0 aromatic heterocycles. The molecule has 0 bridgehead atoms. The van der Waals surface area contributed by atoms with Gasteiger partial charge in [0.05, 0.1) is 11.0 Å². The van der Waals surface area contributed by atoms with Crippen LogP contribution in [-0.2, 0) is 6.61 Å². The summed E-state index contributed by atoms with van der Waals surface area (Å²) in [6.45, 7) is 2.20. The molecule has 0 heterocycles. The lowest BCUT2D eigenvalue weighted by molar-refractivity contribution is -0.384. The van der Waals surface area contributed by atoms with E-state index in [9.17, 15) is 15.2 Å². The number of benzene rings is 2. The topological polar surface area (TPSA) is 72.6 Å². The second-order valence-corrected chi connectivity index (χ2v) is 4.67. The molecular formula is C16H17NO4. The van der Waals surface area contributed by atoms with Gasteiger partial charge in [-0.2, -0.15) is 0 Å². The van der Waals surface area contributed by atoms with E-state index in [1.807, 2.05) is 25.1 Å². The molecule has 0 saturated heterocycles. The van der Waals surface area contributed by atoms with Crippen molar-refractivity contribution >= 4 is 5.69 Å². The summed E-state index contributed by atoms with van der Waals surface area (Å²) >= 11 is 0. The summed E-state index contributed by atoms with van der Waals surface area (Å²) in [5.41, 5.74) is 1.64. The SMILES string of the molecule is CCC(O)c1ccccc1OCc1ccc([N+](=O)[O-])cc1. The molecule has 0 aliphatic carbocycles. The highest BCUT2D eigenvalue weighted by atomic mass is 16.6. The fraction of sp³-hybridized carbons (Fsp3) is 0.250. The maximum atomic E-state index is 10.6. The number of aliphatic hydroxyl groups excluding tert-OH is 1. The molecule has 110 valence electrons. The fourth-order valence-corrected chi connectivity index (χ4v) is 1.98. The largest absolute Gasteiger partial charge is 0.489 e. The van der Waals surface area contributed by atoms with Crippen LogP contribution in [0.4, 0.5) is 5.69 Å². The highest BCUT2D eigenvalue weighted by molar-refractivity contribution is 5.36. The summed E-state index contributed by atoms with van der Waals surface area (Å²) in [7, 11) is 0. The summed E-state index contributed by atoms with van der Waals surface area (Å²) in [4.78, 5) is 10.2. The number of rotatable bonds is 6. The molecule has 2 aromatic rings. The van der Waals surface area contributed by atoms with Gasteiger partial charge in [-0.05, 0) is 30.2 Å². The smallest absolute Gasteiger partial charge is 0.269 e. The first-order chi connectivity index (χ1) is 10.1. The zero-order chi connectivity index (χ0) is 15.2. The molecule has 0 aliphatic heterocycles. The Bertz CT molecular complexity index is 610. The third-order valence-corrected chi connectivity index (χ3v) is 3.21. The molecule has 1 atom stereocenters. The maximum absolute atomic E-state index is 10.6. The van der Waals surface area contributed by atoms with Gasteiger partial charge in [0.25, 0.3) is 5.69 Å². The predicted molar refractivity (Wildman–Crippen MR) is 79.1 cm³/mol. The number of para-hydroxylation sites is 1. The Morgan fingerprint density at radius 2 is 1.86 bits per heavy atom. The van der Waals surface area contributed by atoms with E-state index in [-0.39, 0.29) is 5.69 Å². The number of hydrogen-bond donors (Lipinski definition) is 1. The van der Waals surface area contributed by atoms with Crippen molar-refractivity contribution in [2.45, 2.75) is 26.1 Å². The van der Waals surface area contributed by atoms with Crippen molar-refractivity contribution in [1.29, 1.82) is 0 Å². The van der Waals surface area contributed by atoms with Crippen LogP contribution in [-0.4, -0.2) is 10.0 Å². The Hall–Kier alpha value is -2.40. The van der Waals surface area contributed by atoms with Crippen molar-refractivity contribution in [3.8, 4) is 5.75 Å². The zero-order valence-electron chi connectivity index (χ0n) is 11.7. The van der Waals surface area contributed by atoms with Gasteiger partial charge in [-0.25, -0.2) is 0 Å². The Morgan fingerprint density at radius 3 is 2.48 bits per heavy atom. The van der Waals surface area contributed by atoms with E-state index in [1.165, 1.54) is 12.1 Å². The van der Waals surface area contributed by atoms with Crippen LogP contribution < -0.4 is 4.74 Å². The van der Waals surface area contributed by atoms with Crippen LogP contribution in [0.2, 0.25) is 0 Å². The Labute approximate surface area is 123 Å². The highest BCUT2D eigenvalue weighted by Gasteiger charge is 2.11. The standard InChI is InChI=1S/C16H17NO4/c1-2-15(18)14-5-3-4-6-16(14)21-11-12-7-9-13(10-8-12)17(19)20/h3-10,15,18H,2,11H2,1H3. The average molecular weight is 287 g/mol. The Morgan fingerprint density at radius 1 is 1.19 bits per heavy atom. The number of nitro benzene ring substituents is 1. The van der Waals surface area contributed by atoms with E-state index < -0.39 is 11.0 Å². The number of nitro groups is 1. The second-order valence-electron chi connectivity index (χ2n) is 4.67. The number of non-ortho nitro benzene ring substituents is 1. The van der Waals surface area contributed by atoms with Crippen molar-refractivity contribution in [2.75, 3.05) is 0 Å². The molecule has 0 amide bonds. The molecule has 0 spiro atoms. The molecule has 2 aromatic carbocycles. The fourth-order valence-electron chi connectivity index (χ4n) is 1.98. The molecule has 0 saturated carbocycles. The van der Waals surface area contributed by atoms with Crippen molar-refractivity contribution in [2.24, 2.45) is 0 Å². The van der Waals surface area contributed by atoms with Gasteiger partial charge in [0.1, 0.15) is 12.4 Å². The normalized spacial score (nSPS) is 11.9. The summed E-state index contributed by atoms with van der Waals surface area (Å²) in [5.74, 6) is 0.630. The lowest BCUT2D eigenvalue weighted by Crippen LogP contribution is -2.02. The number of aliphatic hydroxyl groups is 1. The summed E-state index contributed by atoms with van der Waals surface area (Å²) in [6.07, 6.45) is 0.0517. The van der Waals surface area contributed by atoms with E-state index in [0.29, 0.717) is 18.8 Å². The molecule has 2 rings (SSSR count). The van der Waals surface area contributed by atoms with Crippen LogP contribution in [0.3, 0.4) is 0 Å². The van der Waals surface area contributed by atoms with Crippen molar-refractivity contribution in [1.82, 2.24) is 0 Å². The minimum Gasteiger partial charge on any atom is -0.489 e. The van der Waals surface area contributed by atoms with E-state index in [1.54, 1.807) is 18.2 Å². The lowest BCUT2D eigenvalue weighted by atomic mass is 10.1. The number of nitrogens with zero attached hydrogens (tertiary/aromatic N) is 1. The third kappa shape index (κ3) is 3.79. The molecule has 1 N–H and O–H groups in total. The number of ether oxygens (including phenoxy) is 1. The van der Waals surface area contributed by atoms with E-state index >= 15 is 0 Å². The minimum atomic E-state index is -0.557. The van der Waals surface area contributed by atoms with Gasteiger partial charge >= 0.3 is 0 Å². The van der Waals surface area contributed by atoms with Crippen LogP contribution in [0, 0.1) is 10.1 Å². The predicted octanol–water partition coefficient (Wildman–Crippen LogP) is 3.62. The first kappa shape index (κ1) is 15.0. The van der Waals surface area contributed by atoms with Crippen molar-refractivity contribution in [3.05, 3.63) is 69.8 Å². The third-order valence-electron chi connectivity index (χ3n) is 3.21. The monoisotopic (exact) mass is 287 g/mol. The van der Waals surface area contributed by atoms with Crippen LogP contribution in [0.5, 0.6) is 5.75 Å². The van der Waals surface area contributed by atoms with Gasteiger partial charge in [-0.1, -0.05) is 25.1 Å². The molecule has 0 radical (unpaired) electrons. The first-order valence-electron chi connectivity index (χ1n) is 6.75. The van der Waals surface area contributed by atoms with Crippen LogP contribution in [0.15, 0.2) is 48.5 Å². The van der Waals surface area contributed by atoms with Crippen LogP contribution in [0.1, 0.15) is 30.6 Å². The van der Waals surface area contributed by atoms with Crippen LogP contribution in [0.25, 0.3) is 0 Å². The lowest BCUT2D eigenvalue weighted by Gasteiger charge is -2.14. The van der Waals surface area contributed by atoms with Gasteiger partial charge < -0.3 is 9.84 Å². The quantitative estimate of drug-likeness (QED) is 0.650. The average Bonchev–Trinajstić information content (AvgIpc) is 2.52. The zero-order valence-corrected chi connectivity index (χ0v) is 11.7. The molecular weight excluding hydrogens is 270 g/mol. The first-order valence-corrected chi connectivity index (χ1v) is 6.75. The van der Waals surface area contributed by atoms with E-state index in [2.05, 4.69) is 0 Å². The van der Waals surface area contributed by atoms with Crippen LogP contribution >= 0.6 is 0 Å². The Kier molecular flexibility index (Phi) is 4.90. The summed E-state index contributed by atoms with van der Waals surface area (Å²) < 4.78 is 5.72. The second kappa shape index (κ2) is 6.85. The highest BCUT2D eigenvalue weighted by Crippen LogP contribution is 2.27. The van der Waals surface area contributed by atoms with Crippen molar-refractivity contribution < 1.29 is 14.8 Å².